The monoisotopic (exact) mass is 458 g/mol. The van der Waals surface area contributed by atoms with Gasteiger partial charge in [-0.15, -0.1) is 0 Å². The van der Waals surface area contributed by atoms with Gasteiger partial charge in [-0.1, -0.05) is 38.1 Å². The average Bonchev–Trinajstić information content (AvgIpc) is 2.80. The van der Waals surface area contributed by atoms with Crippen LogP contribution >= 0.6 is 11.8 Å². The molecule has 0 fully saturated rings. The minimum Gasteiger partial charge on any atom is -0.497 e. The molecule has 0 aliphatic rings. The predicted molar refractivity (Wildman–Crippen MR) is 129 cm³/mol. The Morgan fingerprint density at radius 1 is 0.969 bits per heavy atom. The number of nitrogens with two attached hydrogens (primary N) is 1. The van der Waals surface area contributed by atoms with Crippen LogP contribution in [0.15, 0.2) is 42.5 Å². The number of nitrogens with one attached hydrogen (secondary N) is 1. The lowest BCUT2D eigenvalue weighted by atomic mass is 10.1. The average molecular weight is 459 g/mol. The van der Waals surface area contributed by atoms with Crippen LogP contribution in [0.3, 0.4) is 0 Å². The molecule has 32 heavy (non-hydrogen) atoms. The zero-order valence-electron chi connectivity index (χ0n) is 18.8. The molecular weight excluding hydrogens is 428 g/mol. The van der Waals surface area contributed by atoms with E-state index in [-0.39, 0.29) is 11.8 Å². The number of amides is 1. The molecular formula is C24H30N2O5S. The molecule has 2 aromatic carbocycles. The summed E-state index contributed by atoms with van der Waals surface area (Å²) in [4.78, 5) is 23.8. The van der Waals surface area contributed by atoms with Crippen LogP contribution in [0.1, 0.15) is 25.0 Å². The normalized spacial score (nSPS) is 11.9. The van der Waals surface area contributed by atoms with E-state index in [0.29, 0.717) is 29.5 Å². The van der Waals surface area contributed by atoms with E-state index in [4.69, 9.17) is 19.9 Å². The van der Waals surface area contributed by atoms with E-state index in [0.717, 1.165) is 22.9 Å². The van der Waals surface area contributed by atoms with Crippen LogP contribution < -0.4 is 25.3 Å². The first-order valence-electron chi connectivity index (χ1n) is 10.2. The molecule has 1 unspecified atom stereocenters. The summed E-state index contributed by atoms with van der Waals surface area (Å²) < 4.78 is 15.9. The number of hydrogen-bond donors (Lipinski definition) is 2. The topological polar surface area (TPSA) is 99.9 Å². The Labute approximate surface area is 193 Å². The van der Waals surface area contributed by atoms with Crippen molar-refractivity contribution in [2.75, 3.05) is 26.5 Å². The number of hydrogen-bond acceptors (Lipinski definition) is 7. The molecule has 0 saturated heterocycles. The predicted octanol–water partition coefficient (Wildman–Crippen LogP) is 4.21. The molecule has 2 aromatic rings. The molecule has 0 aliphatic carbocycles. The number of benzene rings is 2. The van der Waals surface area contributed by atoms with E-state index in [9.17, 15) is 9.59 Å². The van der Waals surface area contributed by atoms with Crippen molar-refractivity contribution < 1.29 is 23.8 Å². The van der Waals surface area contributed by atoms with E-state index < -0.39 is 11.3 Å². The molecule has 172 valence electrons. The Morgan fingerprint density at radius 3 is 2.12 bits per heavy atom. The highest BCUT2D eigenvalue weighted by Gasteiger charge is 2.16. The highest BCUT2D eigenvalue weighted by molar-refractivity contribution is 8.13. The number of methoxy groups -OCH3 is 2. The summed E-state index contributed by atoms with van der Waals surface area (Å²) in [7, 11) is 3.22. The molecule has 0 spiro atoms. The van der Waals surface area contributed by atoms with Crippen molar-refractivity contribution >= 4 is 35.1 Å². The smallest absolute Gasteiger partial charge is 0.372 e. The number of thioether (sulfide) groups is 1. The first kappa shape index (κ1) is 25.3. The third-order valence-electron chi connectivity index (χ3n) is 4.57. The summed E-state index contributed by atoms with van der Waals surface area (Å²) in [5, 5.41) is 2.29. The van der Waals surface area contributed by atoms with Gasteiger partial charge in [-0.25, -0.2) is 4.79 Å². The highest BCUT2D eigenvalue weighted by Crippen LogP contribution is 2.24. The maximum Gasteiger partial charge on any atom is 0.372 e. The van der Waals surface area contributed by atoms with E-state index in [1.807, 2.05) is 56.3 Å². The largest absolute Gasteiger partial charge is 0.497 e. The second-order valence-electron chi connectivity index (χ2n) is 7.31. The molecule has 0 aromatic heterocycles. The summed E-state index contributed by atoms with van der Waals surface area (Å²) in [5.74, 6) is 2.12. The Hall–Kier alpha value is -2.97. The quantitative estimate of drug-likeness (QED) is 0.313. The Morgan fingerprint density at radius 2 is 1.56 bits per heavy atom. The zero-order valence-corrected chi connectivity index (χ0v) is 19.6. The van der Waals surface area contributed by atoms with Crippen molar-refractivity contribution in [1.29, 1.82) is 0 Å². The molecule has 0 radical (unpaired) electrons. The number of carbonyl (C=O) groups excluding carboxylic acids is 2. The van der Waals surface area contributed by atoms with Gasteiger partial charge in [0.2, 0.25) is 5.91 Å². The van der Waals surface area contributed by atoms with Gasteiger partial charge in [-0.3, -0.25) is 4.79 Å². The molecule has 0 bridgehead atoms. The van der Waals surface area contributed by atoms with Gasteiger partial charge in [-0.2, -0.15) is 0 Å². The van der Waals surface area contributed by atoms with Gasteiger partial charge in [0.1, 0.15) is 17.2 Å². The summed E-state index contributed by atoms with van der Waals surface area (Å²) in [6, 6.07) is 12.2. The van der Waals surface area contributed by atoms with Gasteiger partial charge in [0.05, 0.1) is 20.3 Å². The number of rotatable bonds is 10. The van der Waals surface area contributed by atoms with Crippen molar-refractivity contribution in [3.8, 4) is 17.2 Å². The molecule has 0 heterocycles. The Balaban J connectivity index is 1.82. The second kappa shape index (κ2) is 12.8. The Kier molecular flexibility index (Phi) is 10.1. The zero-order chi connectivity index (χ0) is 23.5. The van der Waals surface area contributed by atoms with E-state index >= 15 is 0 Å². The fourth-order valence-electron chi connectivity index (χ4n) is 2.62. The first-order valence-corrected chi connectivity index (χ1v) is 11.2. The van der Waals surface area contributed by atoms with Crippen molar-refractivity contribution in [2.24, 2.45) is 11.7 Å². The van der Waals surface area contributed by atoms with Crippen molar-refractivity contribution in [2.45, 2.75) is 19.9 Å². The standard InChI is InChI=1S/C24H30N2O5S/c1-16(2)22(25)23(27)26-11-12-32-24(28)31-19-9-7-17(8-10-19)5-6-18-13-20(29-3)15-21(14-18)30-4/h5-10,13-16,22H,11-12,25H2,1-4H3,(H,26,27). The molecule has 3 N–H and O–H groups in total. The lowest BCUT2D eigenvalue weighted by Crippen LogP contribution is -2.44. The van der Waals surface area contributed by atoms with Crippen molar-refractivity contribution in [3.05, 3.63) is 53.6 Å². The summed E-state index contributed by atoms with van der Waals surface area (Å²) in [5.41, 5.74) is 7.66. The van der Waals surface area contributed by atoms with Gasteiger partial charge in [0, 0.05) is 18.4 Å². The summed E-state index contributed by atoms with van der Waals surface area (Å²) >= 11 is 0.998. The molecule has 0 aliphatic heterocycles. The van der Waals surface area contributed by atoms with Gasteiger partial charge in [0.15, 0.2) is 0 Å². The first-order chi connectivity index (χ1) is 15.3. The van der Waals surface area contributed by atoms with Gasteiger partial charge in [0.25, 0.3) is 0 Å². The van der Waals surface area contributed by atoms with Gasteiger partial charge >= 0.3 is 5.30 Å². The molecule has 0 saturated carbocycles. The van der Waals surface area contributed by atoms with Gasteiger partial charge < -0.3 is 25.3 Å². The van der Waals surface area contributed by atoms with E-state index in [1.54, 1.807) is 26.4 Å². The van der Waals surface area contributed by atoms with Gasteiger partial charge in [-0.05, 0) is 53.1 Å². The van der Waals surface area contributed by atoms with Crippen LogP contribution in [0.25, 0.3) is 12.2 Å². The fourth-order valence-corrected chi connectivity index (χ4v) is 3.15. The SMILES string of the molecule is COc1cc(C=Cc2ccc(OC(=O)SCCNC(=O)C(N)C(C)C)cc2)cc(OC)c1. The van der Waals surface area contributed by atoms with Crippen LogP contribution in [0.5, 0.6) is 17.2 Å². The minimum atomic E-state index is -0.550. The summed E-state index contributed by atoms with van der Waals surface area (Å²) in [6.45, 7) is 4.11. The van der Waals surface area contributed by atoms with Crippen LogP contribution in [-0.4, -0.2) is 43.8 Å². The Bertz CT molecular complexity index is 906. The second-order valence-corrected chi connectivity index (χ2v) is 8.34. The molecule has 1 atom stereocenters. The summed E-state index contributed by atoms with van der Waals surface area (Å²) in [6.07, 6.45) is 3.89. The fraction of sp³-hybridized carbons (Fsp3) is 0.333. The maximum absolute atomic E-state index is 12.0. The maximum atomic E-state index is 12.0. The molecule has 1 amide bonds. The number of carbonyl (C=O) groups is 2. The lowest BCUT2D eigenvalue weighted by molar-refractivity contribution is -0.123. The third-order valence-corrected chi connectivity index (χ3v) is 5.29. The van der Waals surface area contributed by atoms with Crippen LogP contribution in [0.2, 0.25) is 0 Å². The van der Waals surface area contributed by atoms with Crippen molar-refractivity contribution in [3.63, 3.8) is 0 Å². The lowest BCUT2D eigenvalue weighted by Gasteiger charge is -2.14. The van der Waals surface area contributed by atoms with Crippen LogP contribution in [0, 0.1) is 5.92 Å². The minimum absolute atomic E-state index is 0.0591. The molecule has 2 rings (SSSR count). The van der Waals surface area contributed by atoms with Crippen molar-refractivity contribution in [1.82, 2.24) is 5.32 Å². The van der Waals surface area contributed by atoms with Crippen LogP contribution in [-0.2, 0) is 4.79 Å². The molecule has 7 nitrogen and oxygen atoms in total. The third kappa shape index (κ3) is 8.28. The molecule has 8 heteroatoms. The van der Waals surface area contributed by atoms with E-state index in [2.05, 4.69) is 5.32 Å². The highest BCUT2D eigenvalue weighted by atomic mass is 32.2. The van der Waals surface area contributed by atoms with E-state index in [1.165, 1.54) is 0 Å². The number of ether oxygens (including phenoxy) is 3. The van der Waals surface area contributed by atoms with Crippen LogP contribution in [0.4, 0.5) is 4.79 Å².